The standard InChI is InChI=1S/C21H25N3O2/c22-15-18-8-6-17(7-9-18)10-11-21(25)23-16-19(20-5-4-14-26-20)24-12-2-1-3-13-24/h4-9,14,19H,1-3,10-13,16H2,(H,23,25)/t19-/m1/s1. The summed E-state index contributed by atoms with van der Waals surface area (Å²) in [7, 11) is 0. The van der Waals surface area contributed by atoms with E-state index in [4.69, 9.17) is 9.68 Å². The third kappa shape index (κ3) is 4.96. The first-order chi connectivity index (χ1) is 12.8. The smallest absolute Gasteiger partial charge is 0.220 e. The van der Waals surface area contributed by atoms with Crippen LogP contribution in [0.2, 0.25) is 0 Å². The minimum absolute atomic E-state index is 0.0444. The molecule has 0 unspecified atom stereocenters. The van der Waals surface area contributed by atoms with Crippen molar-refractivity contribution in [1.82, 2.24) is 10.2 Å². The molecular formula is C21H25N3O2. The van der Waals surface area contributed by atoms with E-state index in [1.165, 1.54) is 19.3 Å². The highest BCUT2D eigenvalue weighted by Gasteiger charge is 2.24. The zero-order valence-corrected chi connectivity index (χ0v) is 15.0. The van der Waals surface area contributed by atoms with Gasteiger partial charge in [0.2, 0.25) is 5.91 Å². The number of carbonyl (C=O) groups excluding carboxylic acids is 1. The fraction of sp³-hybridized carbons (Fsp3) is 0.429. The molecule has 1 fully saturated rings. The second kappa shape index (κ2) is 9.21. The lowest BCUT2D eigenvalue weighted by atomic mass is 10.1. The molecule has 0 bridgehead atoms. The summed E-state index contributed by atoms with van der Waals surface area (Å²) in [6.45, 7) is 2.67. The van der Waals surface area contributed by atoms with Crippen LogP contribution in [0.1, 0.15) is 48.6 Å². The van der Waals surface area contributed by atoms with Gasteiger partial charge in [-0.2, -0.15) is 5.26 Å². The molecule has 1 aromatic carbocycles. The van der Waals surface area contributed by atoms with Crippen molar-refractivity contribution in [1.29, 1.82) is 5.26 Å². The van der Waals surface area contributed by atoms with Crippen LogP contribution in [-0.2, 0) is 11.2 Å². The van der Waals surface area contributed by atoms with Crippen LogP contribution >= 0.6 is 0 Å². The van der Waals surface area contributed by atoms with Gasteiger partial charge in [-0.15, -0.1) is 0 Å². The maximum Gasteiger partial charge on any atom is 0.220 e. The third-order valence-corrected chi connectivity index (χ3v) is 4.92. The summed E-state index contributed by atoms with van der Waals surface area (Å²) in [5.41, 5.74) is 1.71. The highest BCUT2D eigenvalue weighted by Crippen LogP contribution is 2.24. The highest BCUT2D eigenvalue weighted by molar-refractivity contribution is 5.76. The van der Waals surface area contributed by atoms with E-state index in [1.54, 1.807) is 18.4 Å². The number of aryl methyl sites for hydroxylation is 1. The van der Waals surface area contributed by atoms with E-state index in [9.17, 15) is 4.79 Å². The lowest BCUT2D eigenvalue weighted by Crippen LogP contribution is -2.40. The number of nitrogens with zero attached hydrogens (tertiary/aromatic N) is 2. The fourth-order valence-corrected chi connectivity index (χ4v) is 3.42. The topological polar surface area (TPSA) is 69.3 Å². The van der Waals surface area contributed by atoms with Crippen LogP contribution in [0, 0.1) is 11.3 Å². The molecule has 1 saturated heterocycles. The molecule has 1 aliphatic rings. The molecule has 3 rings (SSSR count). The van der Waals surface area contributed by atoms with Crippen LogP contribution < -0.4 is 5.32 Å². The van der Waals surface area contributed by atoms with Gasteiger partial charge in [-0.3, -0.25) is 9.69 Å². The van der Waals surface area contributed by atoms with Crippen molar-refractivity contribution in [2.45, 2.75) is 38.1 Å². The van der Waals surface area contributed by atoms with Gasteiger partial charge in [-0.05, 0) is 62.2 Å². The van der Waals surface area contributed by atoms with Crippen molar-refractivity contribution in [3.8, 4) is 6.07 Å². The summed E-state index contributed by atoms with van der Waals surface area (Å²) >= 11 is 0. The summed E-state index contributed by atoms with van der Waals surface area (Å²) in [4.78, 5) is 14.7. The number of amides is 1. The number of carbonyl (C=O) groups is 1. The molecule has 0 spiro atoms. The Morgan fingerprint density at radius 1 is 1.19 bits per heavy atom. The van der Waals surface area contributed by atoms with Gasteiger partial charge in [-0.1, -0.05) is 18.6 Å². The first-order valence-electron chi connectivity index (χ1n) is 9.29. The number of nitrogens with one attached hydrogen (secondary N) is 1. The SMILES string of the molecule is N#Cc1ccc(CCC(=O)NC[C@H](c2ccco2)N2CCCCC2)cc1. The fourth-order valence-electron chi connectivity index (χ4n) is 3.42. The molecule has 2 heterocycles. The molecule has 0 saturated carbocycles. The molecule has 1 atom stereocenters. The van der Waals surface area contributed by atoms with E-state index in [0.29, 0.717) is 24.9 Å². The molecule has 5 heteroatoms. The number of benzene rings is 1. The number of hydrogen-bond donors (Lipinski definition) is 1. The maximum absolute atomic E-state index is 12.3. The second-order valence-corrected chi connectivity index (χ2v) is 6.74. The summed E-state index contributed by atoms with van der Waals surface area (Å²) in [5.74, 6) is 0.960. The average Bonchev–Trinajstić information content (AvgIpc) is 3.22. The van der Waals surface area contributed by atoms with E-state index in [-0.39, 0.29) is 11.9 Å². The number of furan rings is 1. The maximum atomic E-state index is 12.3. The number of likely N-dealkylation sites (tertiary alicyclic amines) is 1. The van der Waals surface area contributed by atoms with Crippen LogP contribution in [0.4, 0.5) is 0 Å². The van der Waals surface area contributed by atoms with Crippen molar-refractivity contribution in [3.63, 3.8) is 0 Å². The lowest BCUT2D eigenvalue weighted by molar-refractivity contribution is -0.121. The van der Waals surface area contributed by atoms with Crippen LogP contribution in [0.3, 0.4) is 0 Å². The molecule has 1 aliphatic heterocycles. The van der Waals surface area contributed by atoms with Crippen molar-refractivity contribution in [2.75, 3.05) is 19.6 Å². The van der Waals surface area contributed by atoms with Crippen LogP contribution in [0.15, 0.2) is 47.1 Å². The third-order valence-electron chi connectivity index (χ3n) is 4.92. The Kier molecular flexibility index (Phi) is 6.45. The Labute approximate surface area is 154 Å². The first kappa shape index (κ1) is 18.2. The van der Waals surface area contributed by atoms with Gasteiger partial charge in [0.25, 0.3) is 0 Å². The van der Waals surface area contributed by atoms with E-state index in [1.807, 2.05) is 24.3 Å². The van der Waals surface area contributed by atoms with Crippen molar-refractivity contribution in [2.24, 2.45) is 0 Å². The predicted octanol–water partition coefficient (Wildman–Crippen LogP) is 3.43. The normalized spacial score (nSPS) is 16.0. The predicted molar refractivity (Wildman–Crippen MR) is 99.4 cm³/mol. The minimum Gasteiger partial charge on any atom is -0.468 e. The summed E-state index contributed by atoms with van der Waals surface area (Å²) in [6, 6.07) is 13.5. The molecule has 1 aromatic heterocycles. The Bertz CT molecular complexity index is 726. The second-order valence-electron chi connectivity index (χ2n) is 6.74. The summed E-state index contributed by atoms with van der Waals surface area (Å²) in [6.07, 6.45) is 6.48. The largest absolute Gasteiger partial charge is 0.468 e. The highest BCUT2D eigenvalue weighted by atomic mass is 16.3. The minimum atomic E-state index is 0.0444. The Balaban J connectivity index is 1.51. The molecule has 1 N–H and O–H groups in total. The van der Waals surface area contributed by atoms with Gasteiger partial charge in [-0.25, -0.2) is 0 Å². The Morgan fingerprint density at radius 3 is 2.62 bits per heavy atom. The summed E-state index contributed by atoms with van der Waals surface area (Å²) in [5, 5.41) is 11.9. The monoisotopic (exact) mass is 351 g/mol. The van der Waals surface area contributed by atoms with E-state index >= 15 is 0 Å². The van der Waals surface area contributed by atoms with Gasteiger partial charge in [0.15, 0.2) is 0 Å². The number of rotatable bonds is 7. The molecule has 1 amide bonds. The number of piperidine rings is 1. The number of nitriles is 1. The van der Waals surface area contributed by atoms with Gasteiger partial charge in [0, 0.05) is 13.0 Å². The lowest BCUT2D eigenvalue weighted by Gasteiger charge is -2.33. The van der Waals surface area contributed by atoms with Gasteiger partial charge in [0.1, 0.15) is 5.76 Å². The first-order valence-corrected chi connectivity index (χ1v) is 9.29. The van der Waals surface area contributed by atoms with E-state index < -0.39 is 0 Å². The van der Waals surface area contributed by atoms with Crippen molar-refractivity contribution in [3.05, 3.63) is 59.5 Å². The van der Waals surface area contributed by atoms with Crippen molar-refractivity contribution >= 4 is 5.91 Å². The zero-order chi connectivity index (χ0) is 18.2. The molecule has 0 aliphatic carbocycles. The molecule has 5 nitrogen and oxygen atoms in total. The van der Waals surface area contributed by atoms with E-state index in [0.717, 1.165) is 24.4 Å². The van der Waals surface area contributed by atoms with Gasteiger partial charge >= 0.3 is 0 Å². The van der Waals surface area contributed by atoms with Crippen LogP contribution in [0.25, 0.3) is 0 Å². The molecular weight excluding hydrogens is 326 g/mol. The molecule has 26 heavy (non-hydrogen) atoms. The van der Waals surface area contributed by atoms with Crippen LogP contribution in [0.5, 0.6) is 0 Å². The average molecular weight is 351 g/mol. The molecule has 136 valence electrons. The zero-order valence-electron chi connectivity index (χ0n) is 15.0. The van der Waals surface area contributed by atoms with E-state index in [2.05, 4.69) is 16.3 Å². The van der Waals surface area contributed by atoms with Gasteiger partial charge < -0.3 is 9.73 Å². The Hall–Kier alpha value is -2.58. The molecule has 2 aromatic rings. The Morgan fingerprint density at radius 2 is 1.96 bits per heavy atom. The van der Waals surface area contributed by atoms with Crippen molar-refractivity contribution < 1.29 is 9.21 Å². The number of hydrogen-bond acceptors (Lipinski definition) is 4. The van der Waals surface area contributed by atoms with Gasteiger partial charge in [0.05, 0.1) is 23.9 Å². The summed E-state index contributed by atoms with van der Waals surface area (Å²) < 4.78 is 5.61. The molecule has 0 radical (unpaired) electrons. The van der Waals surface area contributed by atoms with Crippen LogP contribution in [-0.4, -0.2) is 30.4 Å². The quantitative estimate of drug-likeness (QED) is 0.830.